The first-order valence-corrected chi connectivity index (χ1v) is 13.6. The molecule has 0 spiro atoms. The summed E-state index contributed by atoms with van der Waals surface area (Å²) in [7, 11) is 0. The van der Waals surface area contributed by atoms with Crippen molar-refractivity contribution in [3.05, 3.63) is 141 Å². The molecule has 0 atom stereocenters. The van der Waals surface area contributed by atoms with Crippen molar-refractivity contribution in [2.75, 3.05) is 0 Å². The molecule has 45 heavy (non-hydrogen) atoms. The first kappa shape index (κ1) is 27.9. The van der Waals surface area contributed by atoms with Crippen molar-refractivity contribution in [3.63, 3.8) is 0 Å². The Labute approximate surface area is 251 Å². The summed E-state index contributed by atoms with van der Waals surface area (Å²) < 4.78 is 68.7. The summed E-state index contributed by atoms with van der Waals surface area (Å²) in [6.45, 7) is 16.8. The maximum Gasteiger partial charge on any atom is 0.416 e. The van der Waals surface area contributed by atoms with Gasteiger partial charge in [-0.25, -0.2) is 8.78 Å². The van der Waals surface area contributed by atoms with E-state index in [0.717, 1.165) is 39.4 Å². The average molecular weight is 601 g/mol. The quantitative estimate of drug-likeness (QED) is 0.108. The molecule has 216 valence electrons. The van der Waals surface area contributed by atoms with E-state index < -0.39 is 17.6 Å². The van der Waals surface area contributed by atoms with Crippen molar-refractivity contribution in [3.8, 4) is 22.3 Å². The molecule has 4 nitrogen and oxygen atoms in total. The van der Waals surface area contributed by atoms with Gasteiger partial charge in [-0.15, -0.1) is 9.91 Å². The Hall–Kier alpha value is -5.93. The zero-order valence-electron chi connectivity index (χ0n) is 23.3. The summed E-state index contributed by atoms with van der Waals surface area (Å²) in [6, 6.07) is 21.5. The minimum atomic E-state index is -4.72. The molecular weight excluding hydrogens is 583 g/mol. The normalized spacial score (nSPS) is 12.9. The van der Waals surface area contributed by atoms with Crippen LogP contribution in [-0.4, -0.2) is 0 Å². The molecule has 0 aromatic heterocycles. The highest BCUT2D eigenvalue weighted by molar-refractivity contribution is 6.21. The van der Waals surface area contributed by atoms with E-state index in [1.165, 1.54) is 12.1 Å². The highest BCUT2D eigenvalue weighted by atomic mass is 19.4. The van der Waals surface area contributed by atoms with Crippen molar-refractivity contribution in [1.29, 1.82) is 0 Å². The van der Waals surface area contributed by atoms with Crippen molar-refractivity contribution < 1.29 is 22.0 Å². The smallest absolute Gasteiger partial charge is 0.207 e. The standard InChI is InChI=1S/C36H17F5N4/c1-18-8-21(11-24(37)9-18)19-4-6-26-28-16-29-27-7-5-20(22-10-23(36(39,40)41)15-25(38)12-22)14-31(27)35(45-43-3)33(29)17-32(28)34(44-42-2)30(26)13-19/h4-17H,1H3/b44-34+,45-35-. The number of fused-ring (bicyclic) bond motifs is 6. The molecule has 0 N–H and O–H groups in total. The molecule has 9 heteroatoms. The Bertz CT molecular complexity index is 2570. The third-order valence-corrected chi connectivity index (χ3v) is 8.03. The maximum atomic E-state index is 14.2. The van der Waals surface area contributed by atoms with Crippen LogP contribution in [0, 0.1) is 31.7 Å². The molecule has 0 amide bonds. The van der Waals surface area contributed by atoms with Gasteiger partial charge in [0.05, 0.1) is 15.8 Å². The van der Waals surface area contributed by atoms with Gasteiger partial charge < -0.3 is 0 Å². The van der Waals surface area contributed by atoms with E-state index in [1.807, 2.05) is 43.3 Å². The number of hydrogen-bond donors (Lipinski definition) is 0. The molecule has 7 aromatic rings. The van der Waals surface area contributed by atoms with Crippen molar-refractivity contribution in [1.82, 2.24) is 0 Å². The SMILES string of the molecule is [C-]#[N+]/N=c1/c2cc(-c3cc(F)cc(C(F)(F)F)c3)ccc2c2cc3c(cc12)/c(=N/[N+]#[C-])c1cc(-c2cc(C)cc(F)c2)ccc13. The highest BCUT2D eigenvalue weighted by Gasteiger charge is 2.31. The topological polar surface area (TPSA) is 33.4 Å². The second-order valence-electron chi connectivity index (χ2n) is 10.8. The van der Waals surface area contributed by atoms with E-state index in [2.05, 4.69) is 20.1 Å². The molecule has 0 bridgehead atoms. The van der Waals surface area contributed by atoms with Crippen molar-refractivity contribution in [2.45, 2.75) is 13.1 Å². The lowest BCUT2D eigenvalue weighted by atomic mass is 10.00. The summed E-state index contributed by atoms with van der Waals surface area (Å²) in [4.78, 5) is 6.55. The highest BCUT2D eigenvalue weighted by Crippen LogP contribution is 2.37. The lowest BCUT2D eigenvalue weighted by Crippen LogP contribution is -2.05. The van der Waals surface area contributed by atoms with E-state index in [0.29, 0.717) is 54.8 Å². The molecule has 0 aliphatic rings. The number of aryl methyl sites for hydroxylation is 1. The summed E-state index contributed by atoms with van der Waals surface area (Å²) in [5.41, 5.74) is 1.48. The first-order chi connectivity index (χ1) is 21.5. The fourth-order valence-corrected chi connectivity index (χ4v) is 6.17. The first-order valence-electron chi connectivity index (χ1n) is 13.6. The van der Waals surface area contributed by atoms with Crippen LogP contribution in [0.15, 0.2) is 95.1 Å². The van der Waals surface area contributed by atoms with Gasteiger partial charge in [-0.05, 0) is 111 Å². The molecule has 0 saturated heterocycles. The van der Waals surface area contributed by atoms with Gasteiger partial charge in [-0.1, -0.05) is 30.3 Å². The molecular formula is C36H17F5N4. The van der Waals surface area contributed by atoms with Crippen LogP contribution in [-0.2, 0) is 6.18 Å². The summed E-state index contributed by atoms with van der Waals surface area (Å²) in [5, 5.41) is 14.4. The molecule has 0 fully saturated rings. The molecule has 0 saturated carbocycles. The van der Waals surface area contributed by atoms with Crippen LogP contribution < -0.4 is 10.7 Å². The molecule has 0 aliphatic carbocycles. The minimum absolute atomic E-state index is 0.0374. The largest absolute Gasteiger partial charge is 0.416 e. The zero-order chi connectivity index (χ0) is 31.6. The fourth-order valence-electron chi connectivity index (χ4n) is 6.17. The van der Waals surface area contributed by atoms with E-state index in [9.17, 15) is 22.0 Å². The van der Waals surface area contributed by atoms with Gasteiger partial charge in [0.2, 0.25) is 0 Å². The van der Waals surface area contributed by atoms with Gasteiger partial charge >= 0.3 is 6.18 Å². The van der Waals surface area contributed by atoms with E-state index in [-0.39, 0.29) is 11.4 Å². The molecule has 7 aromatic carbocycles. The molecule has 0 radical (unpaired) electrons. The zero-order valence-corrected chi connectivity index (χ0v) is 23.3. The Morgan fingerprint density at radius 2 is 0.978 bits per heavy atom. The maximum absolute atomic E-state index is 14.2. The van der Waals surface area contributed by atoms with Crippen LogP contribution in [0.25, 0.3) is 75.3 Å². The number of alkyl halides is 3. The van der Waals surface area contributed by atoms with Crippen LogP contribution in [0.2, 0.25) is 0 Å². The molecule has 7 rings (SSSR count). The second-order valence-corrected chi connectivity index (χ2v) is 10.8. The summed E-state index contributed by atoms with van der Waals surface area (Å²) in [6.07, 6.45) is -4.72. The number of halogens is 5. The predicted octanol–water partition coefficient (Wildman–Crippen LogP) is 9.58. The second kappa shape index (κ2) is 10.1. The van der Waals surface area contributed by atoms with Gasteiger partial charge in [0.25, 0.3) is 0 Å². The number of rotatable bonds is 2. The molecule has 0 aliphatic heterocycles. The summed E-state index contributed by atoms with van der Waals surface area (Å²) in [5.74, 6) is -1.37. The lowest BCUT2D eigenvalue weighted by Gasteiger charge is -2.10. The Morgan fingerprint density at radius 1 is 0.511 bits per heavy atom. The van der Waals surface area contributed by atoms with E-state index in [1.54, 1.807) is 18.2 Å². The van der Waals surface area contributed by atoms with Gasteiger partial charge in [0.15, 0.2) is 10.7 Å². The molecule has 0 heterocycles. The summed E-state index contributed by atoms with van der Waals surface area (Å²) >= 11 is 0. The van der Waals surface area contributed by atoms with Crippen LogP contribution in [0.4, 0.5) is 22.0 Å². The third-order valence-electron chi connectivity index (χ3n) is 8.03. The van der Waals surface area contributed by atoms with Crippen LogP contribution in [0.5, 0.6) is 0 Å². The van der Waals surface area contributed by atoms with Crippen LogP contribution in [0.3, 0.4) is 0 Å². The van der Waals surface area contributed by atoms with Gasteiger partial charge in [0, 0.05) is 21.5 Å². The van der Waals surface area contributed by atoms with Crippen LogP contribution in [0.1, 0.15) is 11.1 Å². The van der Waals surface area contributed by atoms with Crippen LogP contribution >= 0.6 is 0 Å². The monoisotopic (exact) mass is 600 g/mol. The molecule has 0 unspecified atom stereocenters. The van der Waals surface area contributed by atoms with Crippen molar-refractivity contribution in [2.24, 2.45) is 10.2 Å². The van der Waals surface area contributed by atoms with E-state index >= 15 is 0 Å². The predicted molar refractivity (Wildman–Crippen MR) is 164 cm³/mol. The number of benzene rings is 5. The van der Waals surface area contributed by atoms with Gasteiger partial charge in [-0.2, -0.15) is 26.3 Å². The van der Waals surface area contributed by atoms with Gasteiger partial charge in [0.1, 0.15) is 11.6 Å². The average Bonchev–Trinajstić information content (AvgIpc) is 3.46. The number of hydrogen-bond acceptors (Lipinski definition) is 2. The van der Waals surface area contributed by atoms with E-state index in [4.69, 9.17) is 13.1 Å². The fraction of sp³-hybridized carbons (Fsp3) is 0.0556. The Kier molecular flexibility index (Phi) is 6.24. The minimum Gasteiger partial charge on any atom is -0.207 e. The third kappa shape index (κ3) is 4.57. The number of nitrogens with zero attached hydrogens (tertiary/aromatic N) is 4. The Balaban J connectivity index is 1.51. The Morgan fingerprint density at radius 3 is 1.47 bits per heavy atom. The lowest BCUT2D eigenvalue weighted by molar-refractivity contribution is -0.137. The van der Waals surface area contributed by atoms with Gasteiger partial charge in [-0.3, -0.25) is 0 Å². The van der Waals surface area contributed by atoms with Crippen molar-refractivity contribution >= 4 is 43.1 Å².